The largest absolute Gasteiger partial charge is 0.402 e. The molecule has 1 heterocycles. The molecule has 0 spiro atoms. The van der Waals surface area contributed by atoms with Crippen molar-refractivity contribution >= 4 is 21.4 Å². The molecule has 0 aliphatic carbocycles. The number of alkyl halides is 3. The normalized spacial score (nSPS) is 13.4. The van der Waals surface area contributed by atoms with Crippen molar-refractivity contribution in [3.63, 3.8) is 0 Å². The SMILES string of the molecule is CNCc1sccc1S(=O)(=O)N(CC(F)(F)F)C(C)C. The molecule has 0 radical (unpaired) electrons. The van der Waals surface area contributed by atoms with Gasteiger partial charge in [0.05, 0.1) is 4.90 Å². The van der Waals surface area contributed by atoms with Gasteiger partial charge in [-0.05, 0) is 32.3 Å². The Hall–Kier alpha value is -0.640. The quantitative estimate of drug-likeness (QED) is 0.871. The fourth-order valence-corrected chi connectivity index (χ4v) is 4.75. The molecule has 0 amide bonds. The van der Waals surface area contributed by atoms with Crippen molar-refractivity contribution in [2.75, 3.05) is 13.6 Å². The van der Waals surface area contributed by atoms with Crippen LogP contribution in [0.15, 0.2) is 16.3 Å². The molecular weight excluding hydrogens is 313 g/mol. The molecule has 1 N–H and O–H groups in total. The summed E-state index contributed by atoms with van der Waals surface area (Å²) in [6.07, 6.45) is -4.57. The zero-order valence-corrected chi connectivity index (χ0v) is 13.0. The summed E-state index contributed by atoms with van der Waals surface area (Å²) >= 11 is 1.20. The van der Waals surface area contributed by atoms with Gasteiger partial charge in [0.2, 0.25) is 10.0 Å². The summed E-state index contributed by atoms with van der Waals surface area (Å²) in [5, 5.41) is 4.37. The van der Waals surface area contributed by atoms with E-state index in [1.54, 1.807) is 12.4 Å². The van der Waals surface area contributed by atoms with Crippen LogP contribution in [-0.4, -0.2) is 38.5 Å². The van der Waals surface area contributed by atoms with E-state index in [1.807, 2.05) is 0 Å². The lowest BCUT2D eigenvalue weighted by Gasteiger charge is -2.26. The summed E-state index contributed by atoms with van der Waals surface area (Å²) in [6.45, 7) is 1.66. The number of hydrogen-bond donors (Lipinski definition) is 1. The maximum atomic E-state index is 12.6. The zero-order chi connectivity index (χ0) is 15.6. The maximum Gasteiger partial charge on any atom is 0.402 e. The maximum absolute atomic E-state index is 12.6. The summed E-state index contributed by atoms with van der Waals surface area (Å²) in [5.41, 5.74) is 0. The van der Waals surface area contributed by atoms with E-state index in [0.717, 1.165) is 0 Å². The second-order valence-electron chi connectivity index (χ2n) is 4.50. The van der Waals surface area contributed by atoms with Crippen LogP contribution in [0, 0.1) is 0 Å². The molecule has 20 heavy (non-hydrogen) atoms. The highest BCUT2D eigenvalue weighted by Crippen LogP contribution is 2.29. The first-order chi connectivity index (χ1) is 9.09. The predicted octanol–water partition coefficient (Wildman–Crippen LogP) is 2.43. The molecule has 1 rings (SSSR count). The molecule has 0 saturated carbocycles. The average Bonchev–Trinajstić information content (AvgIpc) is 2.73. The van der Waals surface area contributed by atoms with E-state index in [9.17, 15) is 21.6 Å². The Labute approximate surface area is 120 Å². The van der Waals surface area contributed by atoms with Gasteiger partial charge in [-0.3, -0.25) is 0 Å². The molecule has 0 aromatic carbocycles. The van der Waals surface area contributed by atoms with E-state index in [2.05, 4.69) is 5.32 Å². The molecule has 1 aromatic rings. The third-order valence-electron chi connectivity index (χ3n) is 2.54. The molecule has 0 fully saturated rings. The number of halogens is 3. The lowest BCUT2D eigenvalue weighted by atomic mass is 10.4. The highest BCUT2D eigenvalue weighted by molar-refractivity contribution is 7.89. The molecule has 0 aliphatic heterocycles. The summed E-state index contributed by atoms with van der Waals surface area (Å²) < 4.78 is 63.0. The highest BCUT2D eigenvalue weighted by Gasteiger charge is 2.39. The van der Waals surface area contributed by atoms with E-state index >= 15 is 0 Å². The minimum Gasteiger partial charge on any atom is -0.315 e. The lowest BCUT2D eigenvalue weighted by Crippen LogP contribution is -2.43. The van der Waals surface area contributed by atoms with E-state index in [0.29, 0.717) is 15.7 Å². The Morgan fingerprint density at radius 3 is 2.45 bits per heavy atom. The Morgan fingerprint density at radius 2 is 2.00 bits per heavy atom. The molecule has 9 heteroatoms. The lowest BCUT2D eigenvalue weighted by molar-refractivity contribution is -0.138. The molecule has 116 valence electrons. The third kappa shape index (κ3) is 4.18. The van der Waals surface area contributed by atoms with Gasteiger partial charge in [0.1, 0.15) is 6.54 Å². The third-order valence-corrected chi connectivity index (χ3v) is 5.70. The Morgan fingerprint density at radius 1 is 1.40 bits per heavy atom. The number of nitrogens with one attached hydrogen (secondary N) is 1. The Bertz CT molecular complexity index is 538. The van der Waals surface area contributed by atoms with Crippen molar-refractivity contribution in [1.29, 1.82) is 0 Å². The first kappa shape index (κ1) is 17.4. The second-order valence-corrected chi connectivity index (χ2v) is 7.36. The van der Waals surface area contributed by atoms with Crippen LogP contribution in [0.5, 0.6) is 0 Å². The van der Waals surface area contributed by atoms with Gasteiger partial charge in [-0.2, -0.15) is 17.5 Å². The number of hydrogen-bond acceptors (Lipinski definition) is 4. The topological polar surface area (TPSA) is 49.4 Å². The monoisotopic (exact) mass is 330 g/mol. The van der Waals surface area contributed by atoms with Crippen LogP contribution >= 0.6 is 11.3 Å². The van der Waals surface area contributed by atoms with E-state index < -0.39 is 28.8 Å². The molecule has 0 aliphatic rings. The fourth-order valence-electron chi connectivity index (χ4n) is 1.70. The average molecular weight is 330 g/mol. The van der Waals surface area contributed by atoms with Gasteiger partial charge in [-0.15, -0.1) is 11.3 Å². The standard InChI is InChI=1S/C11H17F3N2O2S2/c1-8(2)16(7-11(12,13)14)20(17,18)10-4-5-19-9(10)6-15-3/h4-5,8,15H,6-7H2,1-3H3. The zero-order valence-electron chi connectivity index (χ0n) is 11.4. The minimum absolute atomic E-state index is 0.0604. The molecule has 0 atom stereocenters. The van der Waals surface area contributed by atoms with Crippen LogP contribution < -0.4 is 5.32 Å². The minimum atomic E-state index is -4.57. The summed E-state index contributed by atoms with van der Waals surface area (Å²) in [7, 11) is -2.51. The molecular formula is C11H17F3N2O2S2. The fraction of sp³-hybridized carbons (Fsp3) is 0.636. The Balaban J connectivity index is 3.20. The van der Waals surface area contributed by atoms with Gasteiger partial charge in [-0.25, -0.2) is 8.42 Å². The summed E-state index contributed by atoms with van der Waals surface area (Å²) in [6, 6.07) is 0.572. The number of rotatable bonds is 6. The Kier molecular flexibility index (Phi) is 5.59. The van der Waals surface area contributed by atoms with E-state index in [1.165, 1.54) is 31.3 Å². The van der Waals surface area contributed by atoms with Crippen molar-refractivity contribution in [2.45, 2.75) is 37.5 Å². The van der Waals surface area contributed by atoms with Crippen molar-refractivity contribution in [3.8, 4) is 0 Å². The van der Waals surface area contributed by atoms with Crippen molar-refractivity contribution in [2.24, 2.45) is 0 Å². The molecule has 0 unspecified atom stereocenters. The van der Waals surface area contributed by atoms with Gasteiger partial charge in [-0.1, -0.05) is 0 Å². The molecule has 0 saturated heterocycles. The molecule has 4 nitrogen and oxygen atoms in total. The van der Waals surface area contributed by atoms with Gasteiger partial charge < -0.3 is 5.32 Å². The summed E-state index contributed by atoms with van der Waals surface area (Å²) in [5.74, 6) is 0. The first-order valence-electron chi connectivity index (χ1n) is 5.89. The van der Waals surface area contributed by atoms with Gasteiger partial charge >= 0.3 is 6.18 Å². The van der Waals surface area contributed by atoms with Crippen LogP contribution in [0.2, 0.25) is 0 Å². The van der Waals surface area contributed by atoms with Crippen LogP contribution in [0.3, 0.4) is 0 Å². The first-order valence-corrected chi connectivity index (χ1v) is 8.21. The summed E-state index contributed by atoms with van der Waals surface area (Å²) in [4.78, 5) is 0.440. The highest BCUT2D eigenvalue weighted by atomic mass is 32.2. The van der Waals surface area contributed by atoms with Crippen LogP contribution in [-0.2, 0) is 16.6 Å². The predicted molar refractivity (Wildman–Crippen MR) is 72.2 cm³/mol. The van der Waals surface area contributed by atoms with Crippen molar-refractivity contribution in [3.05, 3.63) is 16.3 Å². The van der Waals surface area contributed by atoms with Crippen LogP contribution in [0.25, 0.3) is 0 Å². The van der Waals surface area contributed by atoms with Gasteiger partial charge in [0.25, 0.3) is 0 Å². The molecule has 1 aromatic heterocycles. The van der Waals surface area contributed by atoms with Crippen LogP contribution in [0.4, 0.5) is 13.2 Å². The van der Waals surface area contributed by atoms with Crippen molar-refractivity contribution < 1.29 is 21.6 Å². The molecule has 0 bridgehead atoms. The number of sulfonamides is 1. The smallest absolute Gasteiger partial charge is 0.315 e. The van der Waals surface area contributed by atoms with Crippen molar-refractivity contribution in [1.82, 2.24) is 9.62 Å². The number of thiophene rings is 1. The van der Waals surface area contributed by atoms with Gasteiger partial charge in [0.15, 0.2) is 0 Å². The second kappa shape index (κ2) is 6.42. The van der Waals surface area contributed by atoms with E-state index in [-0.39, 0.29) is 4.90 Å². The van der Waals surface area contributed by atoms with Crippen LogP contribution in [0.1, 0.15) is 18.7 Å². The van der Waals surface area contributed by atoms with Gasteiger partial charge in [0, 0.05) is 17.5 Å². The van der Waals surface area contributed by atoms with E-state index in [4.69, 9.17) is 0 Å². The number of nitrogens with zero attached hydrogens (tertiary/aromatic N) is 1.